The van der Waals surface area contributed by atoms with Crippen molar-refractivity contribution in [3.05, 3.63) is 51.3 Å². The summed E-state index contributed by atoms with van der Waals surface area (Å²) in [7, 11) is 0. The topological polar surface area (TPSA) is 108 Å². The number of benzene rings is 1. The first-order valence-corrected chi connectivity index (χ1v) is 12.6. The molecule has 0 aliphatic carbocycles. The van der Waals surface area contributed by atoms with Crippen molar-refractivity contribution in [1.29, 1.82) is 0 Å². The molecule has 11 heteroatoms. The van der Waals surface area contributed by atoms with Gasteiger partial charge < -0.3 is 20.2 Å². The number of fused-ring (bicyclic) bond motifs is 3. The van der Waals surface area contributed by atoms with Gasteiger partial charge in [-0.05, 0) is 61.9 Å². The summed E-state index contributed by atoms with van der Waals surface area (Å²) in [4.78, 5) is 41.3. The molecular formula is C24H27Cl2N5O4. The Morgan fingerprint density at radius 2 is 1.71 bits per heavy atom. The molecule has 186 valence electrons. The molecule has 3 aliphatic heterocycles. The van der Waals surface area contributed by atoms with Crippen molar-refractivity contribution in [3.63, 3.8) is 0 Å². The van der Waals surface area contributed by atoms with Crippen LogP contribution < -0.4 is 5.32 Å². The lowest BCUT2D eigenvalue weighted by Gasteiger charge is -2.47. The van der Waals surface area contributed by atoms with Gasteiger partial charge in [-0.2, -0.15) is 5.10 Å². The van der Waals surface area contributed by atoms with Gasteiger partial charge in [0.25, 0.3) is 5.91 Å². The SMILES string of the molecule is O=C(O)C1CC2CCCC(C1)N2C(=O)c1cc2n(n1)CCN(C(=O)NCc1cc(Cl)cc(Cl)c1)C2. The summed E-state index contributed by atoms with van der Waals surface area (Å²) in [6.45, 7) is 1.61. The molecule has 1 aromatic carbocycles. The highest BCUT2D eigenvalue weighted by atomic mass is 35.5. The zero-order valence-electron chi connectivity index (χ0n) is 19.1. The Morgan fingerprint density at radius 1 is 1.03 bits per heavy atom. The maximum Gasteiger partial charge on any atom is 0.318 e. The summed E-state index contributed by atoms with van der Waals surface area (Å²) in [5, 5.41) is 17.9. The highest BCUT2D eigenvalue weighted by molar-refractivity contribution is 6.34. The third kappa shape index (κ3) is 4.97. The first-order chi connectivity index (χ1) is 16.8. The van der Waals surface area contributed by atoms with E-state index in [4.69, 9.17) is 23.2 Å². The van der Waals surface area contributed by atoms with Gasteiger partial charge in [0.05, 0.1) is 24.7 Å². The quantitative estimate of drug-likeness (QED) is 0.638. The summed E-state index contributed by atoms with van der Waals surface area (Å²) in [6, 6.07) is 6.58. The highest BCUT2D eigenvalue weighted by Crippen LogP contribution is 2.38. The molecule has 0 saturated carbocycles. The van der Waals surface area contributed by atoms with E-state index in [1.165, 1.54) is 0 Å². The van der Waals surface area contributed by atoms with Crippen molar-refractivity contribution in [2.45, 2.75) is 63.8 Å². The highest BCUT2D eigenvalue weighted by Gasteiger charge is 2.44. The Morgan fingerprint density at radius 3 is 2.37 bits per heavy atom. The summed E-state index contributed by atoms with van der Waals surface area (Å²) in [5.41, 5.74) is 1.97. The van der Waals surface area contributed by atoms with Crippen LogP contribution in [0.5, 0.6) is 0 Å². The summed E-state index contributed by atoms with van der Waals surface area (Å²) in [6.07, 6.45) is 3.65. The Bertz CT molecular complexity index is 1130. The van der Waals surface area contributed by atoms with Gasteiger partial charge in [-0.15, -0.1) is 0 Å². The molecule has 2 N–H and O–H groups in total. The number of hydrogen-bond acceptors (Lipinski definition) is 4. The van der Waals surface area contributed by atoms with Gasteiger partial charge in [0, 0.05) is 35.2 Å². The lowest BCUT2D eigenvalue weighted by molar-refractivity contribution is -0.145. The van der Waals surface area contributed by atoms with Crippen LogP contribution in [0.4, 0.5) is 4.79 Å². The van der Waals surface area contributed by atoms with Crippen molar-refractivity contribution in [2.24, 2.45) is 5.92 Å². The van der Waals surface area contributed by atoms with Crippen LogP contribution in [0.15, 0.2) is 24.3 Å². The number of nitrogens with one attached hydrogen (secondary N) is 1. The first-order valence-electron chi connectivity index (χ1n) is 11.9. The Labute approximate surface area is 213 Å². The number of rotatable bonds is 4. The van der Waals surface area contributed by atoms with Gasteiger partial charge in [0.15, 0.2) is 5.69 Å². The number of amides is 3. The predicted octanol–water partition coefficient (Wildman–Crippen LogP) is 3.77. The zero-order valence-corrected chi connectivity index (χ0v) is 20.6. The van der Waals surface area contributed by atoms with E-state index in [1.54, 1.807) is 33.8 Å². The van der Waals surface area contributed by atoms with Crippen LogP contribution in [0.1, 0.15) is 53.8 Å². The standard InChI is InChI=1S/C24H27Cl2N5O4/c25-16-6-14(7-17(26)10-16)12-27-24(35)29-4-5-30-20(13-29)11-21(28-30)22(32)31-18-2-1-3-19(31)9-15(8-18)23(33)34/h6-7,10-11,15,18-19H,1-5,8-9,12-13H2,(H,27,35)(H,33,34). The van der Waals surface area contributed by atoms with Crippen molar-refractivity contribution in [3.8, 4) is 0 Å². The number of nitrogens with zero attached hydrogens (tertiary/aromatic N) is 4. The Hall–Kier alpha value is -2.78. The van der Waals surface area contributed by atoms with Gasteiger partial charge >= 0.3 is 12.0 Å². The lowest BCUT2D eigenvalue weighted by Crippen LogP contribution is -2.55. The number of aliphatic carboxylic acids is 1. The molecule has 1 aromatic heterocycles. The van der Waals surface area contributed by atoms with Crippen LogP contribution in [0.3, 0.4) is 0 Å². The molecule has 0 radical (unpaired) electrons. The van der Waals surface area contributed by atoms with E-state index in [-0.39, 0.29) is 29.9 Å². The normalized spacial score (nSPS) is 23.5. The maximum absolute atomic E-state index is 13.4. The van der Waals surface area contributed by atoms with Gasteiger partial charge in [-0.1, -0.05) is 23.2 Å². The van der Waals surface area contributed by atoms with Crippen molar-refractivity contribution >= 4 is 41.1 Å². The number of carboxylic acids is 1. The number of carbonyl (C=O) groups excluding carboxylic acids is 2. The minimum Gasteiger partial charge on any atom is -0.481 e. The maximum atomic E-state index is 13.4. The van der Waals surface area contributed by atoms with Crippen LogP contribution in [0.2, 0.25) is 10.0 Å². The molecule has 2 bridgehead atoms. The Kier molecular flexibility index (Phi) is 6.63. The number of piperidine rings is 2. The van der Waals surface area contributed by atoms with E-state index in [0.717, 1.165) is 30.5 Å². The largest absolute Gasteiger partial charge is 0.481 e. The van der Waals surface area contributed by atoms with Gasteiger partial charge in [0.1, 0.15) is 0 Å². The number of halogens is 2. The fourth-order valence-corrected chi connectivity index (χ4v) is 6.16. The second kappa shape index (κ2) is 9.70. The molecule has 0 spiro atoms. The molecule has 5 rings (SSSR count). The second-order valence-electron chi connectivity index (χ2n) is 9.56. The Balaban J connectivity index is 1.24. The van der Waals surface area contributed by atoms with Crippen LogP contribution in [-0.4, -0.2) is 61.2 Å². The minimum absolute atomic E-state index is 0.0582. The third-order valence-corrected chi connectivity index (χ3v) is 7.67. The molecule has 35 heavy (non-hydrogen) atoms. The van der Waals surface area contributed by atoms with Crippen LogP contribution in [0.25, 0.3) is 0 Å². The van der Waals surface area contributed by atoms with Crippen LogP contribution in [0, 0.1) is 5.92 Å². The average Bonchev–Trinajstić information content (AvgIpc) is 3.24. The van der Waals surface area contributed by atoms with E-state index in [9.17, 15) is 19.5 Å². The molecule has 2 saturated heterocycles. The smallest absolute Gasteiger partial charge is 0.318 e. The van der Waals surface area contributed by atoms with Gasteiger partial charge in [-0.25, -0.2) is 4.79 Å². The van der Waals surface area contributed by atoms with E-state index < -0.39 is 5.97 Å². The van der Waals surface area contributed by atoms with E-state index in [1.807, 2.05) is 4.90 Å². The average molecular weight is 520 g/mol. The zero-order chi connectivity index (χ0) is 24.7. The molecule has 2 atom stereocenters. The molecule has 3 amide bonds. The summed E-state index contributed by atoms with van der Waals surface area (Å²) < 4.78 is 1.79. The molecule has 2 fully saturated rings. The summed E-state index contributed by atoms with van der Waals surface area (Å²) in [5.74, 6) is -1.30. The fourth-order valence-electron chi connectivity index (χ4n) is 5.59. The monoisotopic (exact) mass is 519 g/mol. The van der Waals surface area contributed by atoms with Crippen LogP contribution in [-0.2, 0) is 24.4 Å². The van der Waals surface area contributed by atoms with Crippen molar-refractivity contribution in [2.75, 3.05) is 6.54 Å². The van der Waals surface area contributed by atoms with Gasteiger partial charge in [-0.3, -0.25) is 14.3 Å². The van der Waals surface area contributed by atoms with Gasteiger partial charge in [0.2, 0.25) is 0 Å². The molecule has 9 nitrogen and oxygen atoms in total. The lowest BCUT2D eigenvalue weighted by atomic mass is 9.78. The number of hydrogen-bond donors (Lipinski definition) is 2. The third-order valence-electron chi connectivity index (χ3n) is 7.23. The molecule has 2 aromatic rings. The number of carbonyl (C=O) groups is 3. The van der Waals surface area contributed by atoms with E-state index in [2.05, 4.69) is 10.4 Å². The minimum atomic E-state index is -0.775. The number of urea groups is 1. The molecule has 2 unspecified atom stereocenters. The molecule has 4 heterocycles. The first kappa shape index (κ1) is 23.9. The van der Waals surface area contributed by atoms with Crippen molar-refractivity contribution < 1.29 is 19.5 Å². The number of aromatic nitrogens is 2. The van der Waals surface area contributed by atoms with E-state index in [0.29, 0.717) is 54.8 Å². The number of carboxylic acid groups (broad SMARTS) is 1. The molecular weight excluding hydrogens is 493 g/mol. The fraction of sp³-hybridized carbons (Fsp3) is 0.500. The molecule has 3 aliphatic rings. The van der Waals surface area contributed by atoms with Crippen molar-refractivity contribution in [1.82, 2.24) is 24.9 Å². The second-order valence-corrected chi connectivity index (χ2v) is 10.4. The van der Waals surface area contributed by atoms with E-state index >= 15 is 0 Å². The predicted molar refractivity (Wildman–Crippen MR) is 129 cm³/mol. The van der Waals surface area contributed by atoms with Crippen LogP contribution >= 0.6 is 23.2 Å². The summed E-state index contributed by atoms with van der Waals surface area (Å²) >= 11 is 12.1.